The number of aryl methyl sites for hydroxylation is 1. The molecule has 1 aliphatic rings. The summed E-state index contributed by atoms with van der Waals surface area (Å²) in [5.74, 6) is 0.114. The zero-order valence-electron chi connectivity index (χ0n) is 16.2. The van der Waals surface area contributed by atoms with E-state index >= 15 is 0 Å². The van der Waals surface area contributed by atoms with E-state index in [-0.39, 0.29) is 11.9 Å². The SMILES string of the molecule is COC(=O)c1c(NC(=O)C=Cc2ccc(OC)cc2)sc2c1CCCCCC2. The molecule has 1 heterocycles. The van der Waals surface area contributed by atoms with Crippen molar-refractivity contribution in [2.24, 2.45) is 0 Å². The van der Waals surface area contributed by atoms with E-state index in [1.807, 2.05) is 24.3 Å². The summed E-state index contributed by atoms with van der Waals surface area (Å²) in [6.07, 6.45) is 9.54. The van der Waals surface area contributed by atoms with Crippen molar-refractivity contribution in [1.29, 1.82) is 0 Å². The lowest BCUT2D eigenvalue weighted by Gasteiger charge is -2.10. The molecule has 1 N–H and O–H groups in total. The molecule has 0 saturated heterocycles. The largest absolute Gasteiger partial charge is 0.497 e. The topological polar surface area (TPSA) is 64.6 Å². The number of hydrogen-bond donors (Lipinski definition) is 1. The van der Waals surface area contributed by atoms with Crippen LogP contribution in [-0.2, 0) is 22.4 Å². The van der Waals surface area contributed by atoms with E-state index in [2.05, 4.69) is 5.32 Å². The smallest absolute Gasteiger partial charge is 0.341 e. The minimum atomic E-state index is -0.382. The minimum Gasteiger partial charge on any atom is -0.497 e. The third-order valence-electron chi connectivity index (χ3n) is 4.84. The molecule has 0 spiro atoms. The lowest BCUT2D eigenvalue weighted by molar-refractivity contribution is -0.111. The average molecular weight is 400 g/mol. The van der Waals surface area contributed by atoms with Crippen LogP contribution in [0.25, 0.3) is 6.08 Å². The summed E-state index contributed by atoms with van der Waals surface area (Å²) in [6.45, 7) is 0. The van der Waals surface area contributed by atoms with Crippen LogP contribution in [0.2, 0.25) is 0 Å². The van der Waals surface area contributed by atoms with Crippen molar-refractivity contribution in [3.63, 3.8) is 0 Å². The van der Waals surface area contributed by atoms with Crippen molar-refractivity contribution >= 4 is 34.3 Å². The van der Waals surface area contributed by atoms with Crippen LogP contribution in [0, 0.1) is 0 Å². The van der Waals surface area contributed by atoms with E-state index < -0.39 is 0 Å². The van der Waals surface area contributed by atoms with Gasteiger partial charge in [-0.2, -0.15) is 0 Å². The fourth-order valence-electron chi connectivity index (χ4n) is 3.37. The highest BCUT2D eigenvalue weighted by Crippen LogP contribution is 2.37. The molecular weight excluding hydrogens is 374 g/mol. The van der Waals surface area contributed by atoms with E-state index in [0.29, 0.717) is 10.6 Å². The highest BCUT2D eigenvalue weighted by molar-refractivity contribution is 7.17. The number of carbonyl (C=O) groups is 2. The molecule has 5 nitrogen and oxygen atoms in total. The van der Waals surface area contributed by atoms with Gasteiger partial charge in [-0.3, -0.25) is 4.79 Å². The van der Waals surface area contributed by atoms with E-state index in [1.165, 1.54) is 42.2 Å². The predicted molar refractivity (Wildman–Crippen MR) is 112 cm³/mol. The van der Waals surface area contributed by atoms with Gasteiger partial charge in [0.2, 0.25) is 5.91 Å². The summed E-state index contributed by atoms with van der Waals surface area (Å²) < 4.78 is 10.1. The van der Waals surface area contributed by atoms with Crippen molar-refractivity contribution in [3.05, 3.63) is 51.9 Å². The quantitative estimate of drug-likeness (QED) is 0.576. The highest BCUT2D eigenvalue weighted by atomic mass is 32.1. The van der Waals surface area contributed by atoms with Crippen LogP contribution >= 0.6 is 11.3 Å². The Bertz CT molecular complexity index is 867. The van der Waals surface area contributed by atoms with E-state index in [0.717, 1.165) is 42.6 Å². The Morgan fingerprint density at radius 1 is 1.04 bits per heavy atom. The second-order valence-corrected chi connectivity index (χ2v) is 7.81. The molecule has 0 fully saturated rings. The average Bonchev–Trinajstić information content (AvgIpc) is 3.02. The maximum Gasteiger partial charge on any atom is 0.341 e. The first-order valence-corrected chi connectivity index (χ1v) is 10.3. The fourth-order valence-corrected chi connectivity index (χ4v) is 4.65. The molecule has 148 valence electrons. The normalized spacial score (nSPS) is 14.1. The van der Waals surface area contributed by atoms with Crippen molar-refractivity contribution in [3.8, 4) is 5.75 Å². The van der Waals surface area contributed by atoms with Gasteiger partial charge in [0.05, 0.1) is 19.8 Å². The zero-order valence-corrected chi connectivity index (χ0v) is 17.1. The lowest BCUT2D eigenvalue weighted by Crippen LogP contribution is -2.12. The van der Waals surface area contributed by atoms with Gasteiger partial charge in [-0.15, -0.1) is 11.3 Å². The van der Waals surface area contributed by atoms with Gasteiger partial charge in [0.15, 0.2) is 0 Å². The Balaban J connectivity index is 1.79. The summed E-state index contributed by atoms with van der Waals surface area (Å²) in [5.41, 5.74) is 2.46. The third-order valence-corrected chi connectivity index (χ3v) is 6.05. The van der Waals surface area contributed by atoms with Gasteiger partial charge in [0.1, 0.15) is 10.8 Å². The van der Waals surface area contributed by atoms with Crippen LogP contribution < -0.4 is 10.1 Å². The van der Waals surface area contributed by atoms with Crippen LogP contribution in [0.1, 0.15) is 52.0 Å². The number of thiophene rings is 1. The van der Waals surface area contributed by atoms with Crippen LogP contribution in [0.15, 0.2) is 30.3 Å². The molecule has 1 amide bonds. The molecule has 3 rings (SSSR count). The summed E-state index contributed by atoms with van der Waals surface area (Å²) in [6, 6.07) is 7.43. The van der Waals surface area contributed by atoms with Gasteiger partial charge >= 0.3 is 5.97 Å². The molecule has 1 aromatic heterocycles. The molecule has 2 aromatic rings. The Hall–Kier alpha value is -2.60. The number of benzene rings is 1. The molecule has 0 aliphatic heterocycles. The fraction of sp³-hybridized carbons (Fsp3) is 0.364. The van der Waals surface area contributed by atoms with E-state index in [4.69, 9.17) is 9.47 Å². The summed E-state index contributed by atoms with van der Waals surface area (Å²) in [7, 11) is 2.99. The monoisotopic (exact) mass is 399 g/mol. The molecule has 0 unspecified atom stereocenters. The van der Waals surface area contributed by atoms with Gasteiger partial charge < -0.3 is 14.8 Å². The Morgan fingerprint density at radius 2 is 1.75 bits per heavy atom. The number of fused-ring (bicyclic) bond motifs is 1. The Kier molecular flexibility index (Phi) is 6.87. The number of nitrogens with one attached hydrogen (secondary N) is 1. The summed E-state index contributed by atoms with van der Waals surface area (Å²) in [4.78, 5) is 26.0. The molecule has 6 heteroatoms. The first-order valence-electron chi connectivity index (χ1n) is 9.48. The van der Waals surface area contributed by atoms with Crippen LogP contribution in [0.4, 0.5) is 5.00 Å². The standard InChI is InChI=1S/C22H25NO4S/c1-26-16-12-9-15(10-13-16)11-14-19(24)23-21-20(22(25)27-2)17-7-5-3-4-6-8-18(17)28-21/h9-14H,3-8H2,1-2H3,(H,23,24). The van der Waals surface area contributed by atoms with Crippen molar-refractivity contribution in [2.45, 2.75) is 38.5 Å². The first kappa shape index (κ1) is 20.1. The minimum absolute atomic E-state index is 0.268. The predicted octanol–water partition coefficient (Wildman–Crippen LogP) is 4.85. The first-order chi connectivity index (χ1) is 13.6. The summed E-state index contributed by atoms with van der Waals surface area (Å²) >= 11 is 1.50. The van der Waals surface area contributed by atoms with Gasteiger partial charge in [-0.05, 0) is 55.0 Å². The van der Waals surface area contributed by atoms with Crippen LogP contribution in [-0.4, -0.2) is 26.1 Å². The Morgan fingerprint density at radius 3 is 2.43 bits per heavy atom. The number of ether oxygens (including phenoxy) is 2. The van der Waals surface area contributed by atoms with Crippen LogP contribution in [0.5, 0.6) is 5.75 Å². The molecule has 1 aromatic carbocycles. The molecule has 1 aliphatic carbocycles. The number of amides is 1. The molecule has 0 radical (unpaired) electrons. The lowest BCUT2D eigenvalue weighted by atomic mass is 9.96. The third kappa shape index (κ3) is 4.81. The van der Waals surface area contributed by atoms with E-state index in [9.17, 15) is 9.59 Å². The van der Waals surface area contributed by atoms with Crippen molar-refractivity contribution in [2.75, 3.05) is 19.5 Å². The number of esters is 1. The van der Waals surface area contributed by atoms with E-state index in [1.54, 1.807) is 13.2 Å². The number of methoxy groups -OCH3 is 2. The van der Waals surface area contributed by atoms with Crippen molar-refractivity contribution < 1.29 is 19.1 Å². The highest BCUT2D eigenvalue weighted by Gasteiger charge is 2.25. The van der Waals surface area contributed by atoms with Crippen LogP contribution in [0.3, 0.4) is 0 Å². The maximum absolute atomic E-state index is 12.5. The maximum atomic E-state index is 12.5. The molecule has 0 atom stereocenters. The number of carbonyl (C=O) groups excluding carboxylic acids is 2. The summed E-state index contributed by atoms with van der Waals surface area (Å²) in [5, 5.41) is 3.47. The zero-order chi connectivity index (χ0) is 19.9. The van der Waals surface area contributed by atoms with Gasteiger partial charge in [0, 0.05) is 11.0 Å². The van der Waals surface area contributed by atoms with Crippen molar-refractivity contribution in [1.82, 2.24) is 0 Å². The van der Waals surface area contributed by atoms with Gasteiger partial charge in [-0.25, -0.2) is 4.79 Å². The molecule has 0 bridgehead atoms. The Labute approximate surface area is 169 Å². The molecule has 28 heavy (non-hydrogen) atoms. The number of hydrogen-bond acceptors (Lipinski definition) is 5. The van der Waals surface area contributed by atoms with Gasteiger partial charge in [-0.1, -0.05) is 25.0 Å². The number of rotatable bonds is 5. The second kappa shape index (κ2) is 9.55. The van der Waals surface area contributed by atoms with Gasteiger partial charge in [0.25, 0.3) is 0 Å². The molecule has 0 saturated carbocycles. The number of anilines is 1. The second-order valence-electron chi connectivity index (χ2n) is 6.71. The molecular formula is C22H25NO4S.